The highest BCUT2D eigenvalue weighted by Crippen LogP contribution is 2.20. The van der Waals surface area contributed by atoms with Crippen molar-refractivity contribution in [2.24, 2.45) is 0 Å². The fourth-order valence-corrected chi connectivity index (χ4v) is 3.13. The molecule has 0 bridgehead atoms. The van der Waals surface area contributed by atoms with Crippen molar-refractivity contribution in [1.82, 2.24) is 10.2 Å². The largest absolute Gasteiger partial charge is 0.377 e. The van der Waals surface area contributed by atoms with Crippen LogP contribution in [0.15, 0.2) is 0 Å². The summed E-state index contributed by atoms with van der Waals surface area (Å²) >= 11 is 0. The molecule has 2 aliphatic rings. The van der Waals surface area contributed by atoms with Gasteiger partial charge >= 0.3 is 0 Å². The van der Waals surface area contributed by atoms with E-state index in [1.54, 1.807) is 0 Å². The standard InChI is InChI=1S/C15H30N2O/c1-2-14-13-17(10-6-9-16-14)11-12-18-15-7-4-3-5-8-15/h14-16H,2-13H2,1H3. The van der Waals surface area contributed by atoms with E-state index in [1.807, 2.05) is 0 Å². The van der Waals surface area contributed by atoms with Crippen LogP contribution in [0.1, 0.15) is 51.9 Å². The normalized spacial score (nSPS) is 28.2. The predicted molar refractivity (Wildman–Crippen MR) is 76.0 cm³/mol. The van der Waals surface area contributed by atoms with E-state index in [9.17, 15) is 0 Å². The monoisotopic (exact) mass is 254 g/mol. The Bertz CT molecular complexity index is 217. The van der Waals surface area contributed by atoms with Crippen LogP contribution in [0.2, 0.25) is 0 Å². The lowest BCUT2D eigenvalue weighted by Crippen LogP contribution is -2.38. The third kappa shape index (κ3) is 4.87. The Morgan fingerprint density at radius 1 is 1.17 bits per heavy atom. The van der Waals surface area contributed by atoms with Crippen molar-refractivity contribution < 1.29 is 4.74 Å². The van der Waals surface area contributed by atoms with E-state index in [4.69, 9.17) is 4.74 Å². The maximum absolute atomic E-state index is 6.03. The smallest absolute Gasteiger partial charge is 0.0597 e. The van der Waals surface area contributed by atoms with Crippen LogP contribution in [0.25, 0.3) is 0 Å². The predicted octanol–water partition coefficient (Wildman–Crippen LogP) is 2.41. The van der Waals surface area contributed by atoms with E-state index >= 15 is 0 Å². The molecule has 0 spiro atoms. The number of ether oxygens (including phenoxy) is 1. The maximum atomic E-state index is 6.03. The van der Waals surface area contributed by atoms with Crippen LogP contribution in [0.4, 0.5) is 0 Å². The minimum atomic E-state index is 0.561. The molecule has 1 atom stereocenters. The molecule has 1 saturated heterocycles. The maximum Gasteiger partial charge on any atom is 0.0597 e. The summed E-state index contributed by atoms with van der Waals surface area (Å²) in [5, 5.41) is 3.62. The third-order valence-corrected chi connectivity index (χ3v) is 4.37. The molecule has 0 radical (unpaired) electrons. The van der Waals surface area contributed by atoms with Crippen LogP contribution >= 0.6 is 0 Å². The molecule has 0 aromatic carbocycles. The highest BCUT2D eigenvalue weighted by molar-refractivity contribution is 4.75. The van der Waals surface area contributed by atoms with Crippen molar-refractivity contribution in [2.45, 2.75) is 64.0 Å². The zero-order valence-corrected chi connectivity index (χ0v) is 12.0. The number of rotatable bonds is 5. The molecule has 1 unspecified atom stereocenters. The van der Waals surface area contributed by atoms with Gasteiger partial charge < -0.3 is 10.1 Å². The zero-order valence-electron chi connectivity index (χ0n) is 12.0. The average molecular weight is 254 g/mol. The van der Waals surface area contributed by atoms with Gasteiger partial charge in [0.1, 0.15) is 0 Å². The first-order chi connectivity index (χ1) is 8.88. The second-order valence-corrected chi connectivity index (χ2v) is 5.84. The van der Waals surface area contributed by atoms with Gasteiger partial charge in [-0.1, -0.05) is 26.2 Å². The van der Waals surface area contributed by atoms with Gasteiger partial charge in [0.25, 0.3) is 0 Å². The van der Waals surface area contributed by atoms with Crippen LogP contribution in [-0.2, 0) is 4.74 Å². The molecular formula is C15H30N2O. The first-order valence-electron chi connectivity index (χ1n) is 7.96. The van der Waals surface area contributed by atoms with Crippen molar-refractivity contribution in [3.05, 3.63) is 0 Å². The van der Waals surface area contributed by atoms with Crippen LogP contribution in [-0.4, -0.2) is 49.8 Å². The van der Waals surface area contributed by atoms with E-state index in [1.165, 1.54) is 64.6 Å². The van der Waals surface area contributed by atoms with E-state index < -0.39 is 0 Å². The minimum absolute atomic E-state index is 0.561. The summed E-state index contributed by atoms with van der Waals surface area (Å²) < 4.78 is 6.03. The lowest BCUT2D eigenvalue weighted by Gasteiger charge is -2.26. The second-order valence-electron chi connectivity index (χ2n) is 5.84. The Balaban J connectivity index is 1.62. The molecule has 1 N–H and O–H groups in total. The summed E-state index contributed by atoms with van der Waals surface area (Å²) in [5.74, 6) is 0. The summed E-state index contributed by atoms with van der Waals surface area (Å²) in [7, 11) is 0. The lowest BCUT2D eigenvalue weighted by atomic mass is 9.98. The van der Waals surface area contributed by atoms with Gasteiger partial charge in [0.05, 0.1) is 12.7 Å². The summed E-state index contributed by atoms with van der Waals surface area (Å²) in [6, 6.07) is 0.683. The number of hydrogen-bond acceptors (Lipinski definition) is 3. The first kappa shape index (κ1) is 14.3. The molecule has 0 aromatic rings. The molecule has 18 heavy (non-hydrogen) atoms. The van der Waals surface area contributed by atoms with Crippen LogP contribution in [0.3, 0.4) is 0 Å². The van der Waals surface area contributed by atoms with E-state index in [0.717, 1.165) is 13.2 Å². The molecular weight excluding hydrogens is 224 g/mol. The Hall–Kier alpha value is -0.120. The van der Waals surface area contributed by atoms with Gasteiger partial charge in [0.2, 0.25) is 0 Å². The van der Waals surface area contributed by atoms with Crippen molar-refractivity contribution in [2.75, 3.05) is 32.8 Å². The third-order valence-electron chi connectivity index (χ3n) is 4.37. The summed E-state index contributed by atoms with van der Waals surface area (Å²) in [5.41, 5.74) is 0. The molecule has 1 aliphatic heterocycles. The topological polar surface area (TPSA) is 24.5 Å². The molecule has 3 heteroatoms. The summed E-state index contributed by atoms with van der Waals surface area (Å²) in [6.45, 7) is 7.94. The Morgan fingerprint density at radius 2 is 2.00 bits per heavy atom. The van der Waals surface area contributed by atoms with Crippen molar-refractivity contribution >= 4 is 0 Å². The highest BCUT2D eigenvalue weighted by Gasteiger charge is 2.17. The summed E-state index contributed by atoms with van der Waals surface area (Å²) in [6.07, 6.45) is 9.81. The van der Waals surface area contributed by atoms with Crippen molar-refractivity contribution in [1.29, 1.82) is 0 Å². The zero-order chi connectivity index (χ0) is 12.6. The molecule has 3 nitrogen and oxygen atoms in total. The SMILES string of the molecule is CCC1CN(CCOC2CCCCC2)CCCN1. The molecule has 0 amide bonds. The van der Waals surface area contributed by atoms with Gasteiger partial charge in [0, 0.05) is 19.1 Å². The van der Waals surface area contributed by atoms with Gasteiger partial charge in [0.15, 0.2) is 0 Å². The van der Waals surface area contributed by atoms with E-state index in [2.05, 4.69) is 17.1 Å². The van der Waals surface area contributed by atoms with Crippen LogP contribution in [0.5, 0.6) is 0 Å². The van der Waals surface area contributed by atoms with Gasteiger partial charge in [-0.25, -0.2) is 0 Å². The Kier molecular flexibility index (Phi) is 6.46. The summed E-state index contributed by atoms with van der Waals surface area (Å²) in [4.78, 5) is 2.58. The van der Waals surface area contributed by atoms with E-state index in [-0.39, 0.29) is 0 Å². The second kappa shape index (κ2) is 8.13. The quantitative estimate of drug-likeness (QED) is 0.815. The number of hydrogen-bond donors (Lipinski definition) is 1. The van der Waals surface area contributed by atoms with Crippen molar-refractivity contribution in [3.63, 3.8) is 0 Å². The number of nitrogens with one attached hydrogen (secondary N) is 1. The Morgan fingerprint density at radius 3 is 2.78 bits per heavy atom. The molecule has 1 aliphatic carbocycles. The first-order valence-corrected chi connectivity index (χ1v) is 7.96. The molecule has 106 valence electrons. The molecule has 2 rings (SSSR count). The average Bonchev–Trinajstić information content (AvgIpc) is 2.65. The van der Waals surface area contributed by atoms with Gasteiger partial charge in [-0.15, -0.1) is 0 Å². The van der Waals surface area contributed by atoms with Gasteiger partial charge in [-0.05, 0) is 38.8 Å². The Labute approximate surface area is 112 Å². The van der Waals surface area contributed by atoms with Gasteiger partial charge in [-0.2, -0.15) is 0 Å². The lowest BCUT2D eigenvalue weighted by molar-refractivity contribution is 0.0160. The number of nitrogens with zero attached hydrogens (tertiary/aromatic N) is 1. The van der Waals surface area contributed by atoms with Gasteiger partial charge in [-0.3, -0.25) is 4.90 Å². The van der Waals surface area contributed by atoms with Crippen molar-refractivity contribution in [3.8, 4) is 0 Å². The molecule has 0 aromatic heterocycles. The fraction of sp³-hybridized carbons (Fsp3) is 1.00. The minimum Gasteiger partial charge on any atom is -0.377 e. The molecule has 1 saturated carbocycles. The van der Waals surface area contributed by atoms with Crippen LogP contribution < -0.4 is 5.32 Å². The molecule has 1 heterocycles. The molecule has 2 fully saturated rings. The van der Waals surface area contributed by atoms with E-state index in [0.29, 0.717) is 12.1 Å². The fourth-order valence-electron chi connectivity index (χ4n) is 3.13. The van der Waals surface area contributed by atoms with Crippen LogP contribution in [0, 0.1) is 0 Å². The highest BCUT2D eigenvalue weighted by atomic mass is 16.5.